The van der Waals surface area contributed by atoms with Crippen LogP contribution in [0.5, 0.6) is 0 Å². The molecule has 3 N–H and O–H groups in total. The Morgan fingerprint density at radius 2 is 1.94 bits per heavy atom. The van der Waals surface area contributed by atoms with Crippen LogP contribution >= 0.6 is 0 Å². The topological polar surface area (TPSA) is 61.8 Å². The van der Waals surface area contributed by atoms with Gasteiger partial charge in [-0.25, -0.2) is 4.99 Å². The van der Waals surface area contributed by atoms with Gasteiger partial charge < -0.3 is 15.7 Å². The molecule has 1 aliphatic heterocycles. The molecule has 0 spiro atoms. The molecular formula is C13H25N3O. The summed E-state index contributed by atoms with van der Waals surface area (Å²) in [5.41, 5.74) is 6.99. The second kappa shape index (κ2) is 7.33. The van der Waals surface area contributed by atoms with E-state index in [0.29, 0.717) is 0 Å². The van der Waals surface area contributed by atoms with Gasteiger partial charge in [0.05, 0.1) is 0 Å². The van der Waals surface area contributed by atoms with Gasteiger partial charge in [-0.1, -0.05) is 39.0 Å². The molecule has 1 unspecified atom stereocenters. The molecular weight excluding hydrogens is 214 g/mol. The van der Waals surface area contributed by atoms with E-state index in [4.69, 9.17) is 5.73 Å². The first-order valence-corrected chi connectivity index (χ1v) is 6.62. The van der Waals surface area contributed by atoms with Gasteiger partial charge in [-0.3, -0.25) is 0 Å². The summed E-state index contributed by atoms with van der Waals surface area (Å²) in [7, 11) is 0. The lowest BCUT2D eigenvalue weighted by molar-refractivity contribution is 0.274. The van der Waals surface area contributed by atoms with E-state index in [9.17, 15) is 5.11 Å². The predicted octanol–water partition coefficient (Wildman–Crippen LogP) is 2.77. The lowest BCUT2D eigenvalue weighted by Gasteiger charge is -2.31. The quantitative estimate of drug-likeness (QED) is 0.671. The number of amidine groups is 1. The summed E-state index contributed by atoms with van der Waals surface area (Å²) in [5, 5.41) is 9.65. The largest absolute Gasteiger partial charge is 0.480 e. The molecule has 0 amide bonds. The zero-order chi connectivity index (χ0) is 12.7. The van der Waals surface area contributed by atoms with Crippen LogP contribution in [0.3, 0.4) is 0 Å². The SMILES string of the molecule is CCCCCCCCN1C(O)=NC=C(C)C1N. The smallest absolute Gasteiger partial charge is 0.290 e. The van der Waals surface area contributed by atoms with Crippen LogP contribution in [-0.2, 0) is 0 Å². The molecule has 1 atom stereocenters. The fourth-order valence-electron chi connectivity index (χ4n) is 1.98. The van der Waals surface area contributed by atoms with E-state index in [1.54, 1.807) is 11.1 Å². The summed E-state index contributed by atoms with van der Waals surface area (Å²) in [5.74, 6) is 0. The van der Waals surface area contributed by atoms with Crippen LogP contribution in [-0.4, -0.2) is 28.7 Å². The summed E-state index contributed by atoms with van der Waals surface area (Å²) in [6.07, 6.45) is 8.83. The summed E-state index contributed by atoms with van der Waals surface area (Å²) >= 11 is 0. The molecule has 0 saturated carbocycles. The average Bonchev–Trinajstić information content (AvgIpc) is 2.32. The minimum Gasteiger partial charge on any atom is -0.480 e. The van der Waals surface area contributed by atoms with Gasteiger partial charge in [0.1, 0.15) is 6.17 Å². The standard InChI is InChI=1S/C13H25N3O/c1-3-4-5-6-7-8-9-16-12(14)11(2)10-15-13(16)17/h10,12H,3-9,14H2,1-2H3,(H,15,17). The molecule has 1 aliphatic rings. The molecule has 0 aliphatic carbocycles. The Labute approximate surface area is 104 Å². The molecule has 0 fully saturated rings. The van der Waals surface area contributed by atoms with Crippen molar-refractivity contribution >= 4 is 6.02 Å². The fraction of sp³-hybridized carbons (Fsp3) is 0.769. The third-order valence-electron chi connectivity index (χ3n) is 3.20. The fourth-order valence-corrected chi connectivity index (χ4v) is 1.98. The van der Waals surface area contributed by atoms with Crippen LogP contribution in [0.2, 0.25) is 0 Å². The number of aliphatic hydroxyl groups excluding tert-OH is 1. The number of aliphatic imine (C=N–C) groups is 1. The Bertz CT molecular complexity index is 286. The van der Waals surface area contributed by atoms with Crippen molar-refractivity contribution in [2.45, 2.75) is 58.5 Å². The van der Waals surface area contributed by atoms with Crippen molar-refractivity contribution < 1.29 is 5.11 Å². The zero-order valence-electron chi connectivity index (χ0n) is 11.0. The molecule has 0 bridgehead atoms. The van der Waals surface area contributed by atoms with Crippen LogP contribution < -0.4 is 5.73 Å². The Morgan fingerprint density at radius 1 is 1.29 bits per heavy atom. The third kappa shape index (κ3) is 4.38. The molecule has 0 aromatic heterocycles. The summed E-state index contributed by atoms with van der Waals surface area (Å²) in [6, 6.07) is 0.0525. The van der Waals surface area contributed by atoms with Crippen LogP contribution in [0.25, 0.3) is 0 Å². The van der Waals surface area contributed by atoms with Crippen molar-refractivity contribution in [2.24, 2.45) is 10.7 Å². The Morgan fingerprint density at radius 3 is 2.65 bits per heavy atom. The number of hydrogen-bond donors (Lipinski definition) is 2. The maximum absolute atomic E-state index is 9.65. The highest BCUT2D eigenvalue weighted by Crippen LogP contribution is 2.13. The summed E-state index contributed by atoms with van der Waals surface area (Å²) < 4.78 is 0. The van der Waals surface area contributed by atoms with E-state index in [0.717, 1.165) is 18.5 Å². The monoisotopic (exact) mass is 239 g/mol. The minimum absolute atomic E-state index is 0.0525. The van der Waals surface area contributed by atoms with Crippen molar-refractivity contribution in [3.05, 3.63) is 11.8 Å². The molecule has 1 rings (SSSR count). The van der Waals surface area contributed by atoms with E-state index in [1.807, 2.05) is 6.92 Å². The molecule has 4 nitrogen and oxygen atoms in total. The zero-order valence-corrected chi connectivity index (χ0v) is 11.0. The highest BCUT2D eigenvalue weighted by molar-refractivity contribution is 5.74. The molecule has 4 heteroatoms. The van der Waals surface area contributed by atoms with Crippen molar-refractivity contribution in [2.75, 3.05) is 6.54 Å². The number of nitrogens with two attached hydrogens (primary N) is 1. The van der Waals surface area contributed by atoms with Gasteiger partial charge in [-0.05, 0) is 18.9 Å². The summed E-state index contributed by atoms with van der Waals surface area (Å²) in [6.45, 7) is 4.94. The van der Waals surface area contributed by atoms with Crippen LogP contribution in [0.15, 0.2) is 16.8 Å². The number of unbranched alkanes of at least 4 members (excludes halogenated alkanes) is 5. The second-order valence-corrected chi connectivity index (χ2v) is 4.71. The van der Waals surface area contributed by atoms with Crippen molar-refractivity contribution in [1.29, 1.82) is 0 Å². The van der Waals surface area contributed by atoms with Gasteiger partial charge in [0, 0.05) is 12.7 Å². The van der Waals surface area contributed by atoms with Gasteiger partial charge in [0.2, 0.25) is 0 Å². The molecule has 98 valence electrons. The van der Waals surface area contributed by atoms with Crippen LogP contribution in [0, 0.1) is 0 Å². The first-order valence-electron chi connectivity index (χ1n) is 6.62. The molecule has 0 aromatic carbocycles. The van der Waals surface area contributed by atoms with Gasteiger partial charge >= 0.3 is 0 Å². The van der Waals surface area contributed by atoms with E-state index in [1.165, 1.54) is 32.1 Å². The Balaban J connectivity index is 2.23. The van der Waals surface area contributed by atoms with Crippen LogP contribution in [0.1, 0.15) is 52.4 Å². The number of hydrogen-bond acceptors (Lipinski definition) is 3. The number of nitrogens with zero attached hydrogens (tertiary/aromatic N) is 2. The van der Waals surface area contributed by atoms with E-state index in [-0.39, 0.29) is 12.2 Å². The van der Waals surface area contributed by atoms with E-state index < -0.39 is 0 Å². The second-order valence-electron chi connectivity index (χ2n) is 4.71. The molecule has 1 heterocycles. The Hall–Kier alpha value is -1.03. The molecule has 0 saturated heterocycles. The Kier molecular flexibility index (Phi) is 6.05. The van der Waals surface area contributed by atoms with Crippen molar-refractivity contribution in [3.8, 4) is 0 Å². The predicted molar refractivity (Wildman–Crippen MR) is 71.9 cm³/mol. The van der Waals surface area contributed by atoms with E-state index >= 15 is 0 Å². The normalized spacial score (nSPS) is 20.2. The van der Waals surface area contributed by atoms with E-state index in [2.05, 4.69) is 11.9 Å². The van der Waals surface area contributed by atoms with Crippen LogP contribution in [0.4, 0.5) is 0 Å². The first-order chi connectivity index (χ1) is 8.16. The number of rotatable bonds is 7. The van der Waals surface area contributed by atoms with Crippen molar-refractivity contribution in [3.63, 3.8) is 0 Å². The van der Waals surface area contributed by atoms with Crippen molar-refractivity contribution in [1.82, 2.24) is 4.90 Å². The summed E-state index contributed by atoms with van der Waals surface area (Å²) in [4.78, 5) is 5.70. The molecule has 0 radical (unpaired) electrons. The minimum atomic E-state index is -0.219. The lowest BCUT2D eigenvalue weighted by Crippen LogP contribution is -2.48. The lowest BCUT2D eigenvalue weighted by atomic mass is 10.1. The van der Waals surface area contributed by atoms with Gasteiger partial charge in [0.25, 0.3) is 6.02 Å². The maximum Gasteiger partial charge on any atom is 0.290 e. The van der Waals surface area contributed by atoms with Gasteiger partial charge in [-0.15, -0.1) is 0 Å². The van der Waals surface area contributed by atoms with Gasteiger partial charge in [0.15, 0.2) is 0 Å². The van der Waals surface area contributed by atoms with Gasteiger partial charge in [-0.2, -0.15) is 0 Å². The first kappa shape index (κ1) is 14.0. The highest BCUT2D eigenvalue weighted by atomic mass is 16.3. The maximum atomic E-state index is 9.65. The molecule has 0 aromatic rings. The molecule has 17 heavy (non-hydrogen) atoms. The number of aliphatic hydroxyl groups is 1. The average molecular weight is 239 g/mol. The third-order valence-corrected chi connectivity index (χ3v) is 3.20. The highest BCUT2D eigenvalue weighted by Gasteiger charge is 2.21.